The van der Waals surface area contributed by atoms with Crippen molar-refractivity contribution < 1.29 is 9.53 Å². The van der Waals surface area contributed by atoms with Crippen LogP contribution in [0.5, 0.6) is 5.75 Å². The number of carbonyl (C=O) groups is 1. The van der Waals surface area contributed by atoms with Gasteiger partial charge in [-0.1, -0.05) is 24.3 Å². The van der Waals surface area contributed by atoms with E-state index < -0.39 is 0 Å². The van der Waals surface area contributed by atoms with E-state index in [-0.39, 0.29) is 18.3 Å². The lowest BCUT2D eigenvalue weighted by atomic mass is 10.1. The van der Waals surface area contributed by atoms with E-state index in [0.29, 0.717) is 12.6 Å². The third-order valence-corrected chi connectivity index (χ3v) is 4.74. The fourth-order valence-electron chi connectivity index (χ4n) is 2.77. The molecule has 1 unspecified atom stereocenters. The molecule has 2 aromatic carbocycles. The minimum atomic E-state index is 0. The van der Waals surface area contributed by atoms with Gasteiger partial charge >= 0.3 is 0 Å². The van der Waals surface area contributed by atoms with Gasteiger partial charge in [-0.3, -0.25) is 4.79 Å². The van der Waals surface area contributed by atoms with E-state index in [9.17, 15) is 4.79 Å². The Morgan fingerprint density at radius 1 is 1.24 bits per heavy atom. The molecule has 0 aliphatic carbocycles. The molecule has 3 rings (SSSR count). The second kappa shape index (κ2) is 9.22. The number of carbonyl (C=O) groups excluding carboxylic acids is 1. The predicted octanol–water partition coefficient (Wildman–Crippen LogP) is 3.88. The molecule has 4 nitrogen and oxygen atoms in total. The van der Waals surface area contributed by atoms with Crippen molar-refractivity contribution in [2.24, 2.45) is 0 Å². The fraction of sp³-hybridized carbons (Fsp3) is 0.316. The normalized spacial score (nSPS) is 16.9. The summed E-state index contributed by atoms with van der Waals surface area (Å²) in [5, 5.41) is 3.35. The van der Waals surface area contributed by atoms with E-state index in [4.69, 9.17) is 4.74 Å². The number of amides is 1. The molecule has 0 aromatic heterocycles. The van der Waals surface area contributed by atoms with Gasteiger partial charge in [0.15, 0.2) is 0 Å². The average Bonchev–Trinajstić information content (AvgIpc) is 2.61. The summed E-state index contributed by atoms with van der Waals surface area (Å²) in [7, 11) is 0. The summed E-state index contributed by atoms with van der Waals surface area (Å²) >= 11 is 3.47. The van der Waals surface area contributed by atoms with Gasteiger partial charge in [-0.05, 0) is 52.7 Å². The van der Waals surface area contributed by atoms with Crippen LogP contribution in [-0.2, 0) is 6.61 Å². The number of para-hydroxylation sites is 1. The summed E-state index contributed by atoms with van der Waals surface area (Å²) in [5.74, 6) is 0.911. The van der Waals surface area contributed by atoms with Gasteiger partial charge in [0.25, 0.3) is 5.91 Å². The second-order valence-corrected chi connectivity index (χ2v) is 6.88. The Bertz CT molecular complexity index is 709. The van der Waals surface area contributed by atoms with E-state index in [1.807, 2.05) is 53.4 Å². The van der Waals surface area contributed by atoms with Crippen molar-refractivity contribution >= 4 is 34.2 Å². The zero-order valence-corrected chi connectivity index (χ0v) is 16.5. The second-order valence-electron chi connectivity index (χ2n) is 6.02. The van der Waals surface area contributed by atoms with E-state index >= 15 is 0 Å². The molecule has 1 N–H and O–H groups in total. The van der Waals surface area contributed by atoms with Crippen LogP contribution in [0.2, 0.25) is 0 Å². The molecule has 1 heterocycles. The topological polar surface area (TPSA) is 41.6 Å². The number of piperazine rings is 1. The first-order chi connectivity index (χ1) is 11.6. The van der Waals surface area contributed by atoms with Crippen molar-refractivity contribution in [3.63, 3.8) is 0 Å². The van der Waals surface area contributed by atoms with E-state index in [0.717, 1.165) is 41.0 Å². The molecule has 1 fully saturated rings. The van der Waals surface area contributed by atoms with Crippen LogP contribution < -0.4 is 10.1 Å². The molecular weight excluding hydrogens is 404 g/mol. The summed E-state index contributed by atoms with van der Waals surface area (Å²) in [5.41, 5.74) is 1.77. The molecule has 1 saturated heterocycles. The summed E-state index contributed by atoms with van der Waals surface area (Å²) in [6.07, 6.45) is 0. The number of nitrogens with one attached hydrogen (secondary N) is 1. The van der Waals surface area contributed by atoms with E-state index in [2.05, 4.69) is 28.2 Å². The van der Waals surface area contributed by atoms with Crippen molar-refractivity contribution in [3.8, 4) is 5.75 Å². The largest absolute Gasteiger partial charge is 0.488 e. The molecule has 0 saturated carbocycles. The van der Waals surface area contributed by atoms with Crippen molar-refractivity contribution in [3.05, 3.63) is 64.1 Å². The maximum absolute atomic E-state index is 12.5. The third-order valence-electron chi connectivity index (χ3n) is 4.09. The highest BCUT2D eigenvalue weighted by molar-refractivity contribution is 9.10. The number of hydrogen-bond donors (Lipinski definition) is 1. The van der Waals surface area contributed by atoms with Crippen LogP contribution >= 0.6 is 28.3 Å². The van der Waals surface area contributed by atoms with Crippen LogP contribution in [0, 0.1) is 0 Å². The molecule has 0 bridgehead atoms. The molecule has 1 atom stereocenters. The zero-order chi connectivity index (χ0) is 16.9. The maximum Gasteiger partial charge on any atom is 0.253 e. The summed E-state index contributed by atoms with van der Waals surface area (Å²) in [6.45, 7) is 4.94. The minimum Gasteiger partial charge on any atom is -0.488 e. The highest BCUT2D eigenvalue weighted by atomic mass is 79.9. The monoisotopic (exact) mass is 424 g/mol. The number of rotatable bonds is 4. The predicted molar refractivity (Wildman–Crippen MR) is 106 cm³/mol. The first-order valence-electron chi connectivity index (χ1n) is 8.12. The van der Waals surface area contributed by atoms with Crippen LogP contribution in [0.25, 0.3) is 0 Å². The Labute approximate surface area is 163 Å². The number of hydrogen-bond acceptors (Lipinski definition) is 3. The number of halogens is 2. The van der Waals surface area contributed by atoms with Crippen LogP contribution in [0.1, 0.15) is 22.8 Å². The number of benzene rings is 2. The molecule has 1 aliphatic rings. The van der Waals surface area contributed by atoms with E-state index in [1.54, 1.807) is 0 Å². The van der Waals surface area contributed by atoms with Crippen molar-refractivity contribution in [2.45, 2.75) is 19.6 Å². The van der Waals surface area contributed by atoms with Gasteiger partial charge in [-0.2, -0.15) is 0 Å². The smallest absolute Gasteiger partial charge is 0.253 e. The highest BCUT2D eigenvalue weighted by Crippen LogP contribution is 2.24. The SMILES string of the molecule is CC1CN(C(=O)c2ccc(COc3ccccc3Br)cc2)CCN1.Cl. The Balaban J connectivity index is 0.00000225. The Morgan fingerprint density at radius 2 is 1.96 bits per heavy atom. The summed E-state index contributed by atoms with van der Waals surface area (Å²) < 4.78 is 6.74. The lowest BCUT2D eigenvalue weighted by Crippen LogP contribution is -2.51. The van der Waals surface area contributed by atoms with Crippen LogP contribution in [-0.4, -0.2) is 36.5 Å². The molecule has 0 radical (unpaired) electrons. The van der Waals surface area contributed by atoms with Crippen molar-refractivity contribution in [2.75, 3.05) is 19.6 Å². The van der Waals surface area contributed by atoms with Gasteiger partial charge in [0.05, 0.1) is 4.47 Å². The van der Waals surface area contributed by atoms with Gasteiger partial charge in [0.2, 0.25) is 0 Å². The fourth-order valence-corrected chi connectivity index (χ4v) is 3.17. The Hall–Kier alpha value is -1.56. The summed E-state index contributed by atoms with van der Waals surface area (Å²) in [6, 6.07) is 15.8. The molecule has 6 heteroatoms. The lowest BCUT2D eigenvalue weighted by molar-refractivity contribution is 0.0709. The van der Waals surface area contributed by atoms with Gasteiger partial charge in [0, 0.05) is 31.2 Å². The first kappa shape index (κ1) is 19.8. The molecule has 25 heavy (non-hydrogen) atoms. The number of nitrogens with zero attached hydrogens (tertiary/aromatic N) is 1. The van der Waals surface area contributed by atoms with Crippen molar-refractivity contribution in [1.82, 2.24) is 10.2 Å². The third kappa shape index (κ3) is 5.21. The van der Waals surface area contributed by atoms with Crippen LogP contribution in [0.4, 0.5) is 0 Å². The van der Waals surface area contributed by atoms with Gasteiger partial charge in [0.1, 0.15) is 12.4 Å². The van der Waals surface area contributed by atoms with Gasteiger partial charge in [-0.15, -0.1) is 12.4 Å². The Kier molecular flexibility index (Phi) is 7.29. The minimum absolute atomic E-state index is 0. The van der Waals surface area contributed by atoms with Gasteiger partial charge < -0.3 is 15.0 Å². The molecular formula is C19H22BrClN2O2. The van der Waals surface area contributed by atoms with Crippen molar-refractivity contribution in [1.29, 1.82) is 0 Å². The number of ether oxygens (including phenoxy) is 1. The molecule has 1 aliphatic heterocycles. The summed E-state index contributed by atoms with van der Waals surface area (Å²) in [4.78, 5) is 14.5. The van der Waals surface area contributed by atoms with Gasteiger partial charge in [-0.25, -0.2) is 0 Å². The van der Waals surface area contributed by atoms with Crippen LogP contribution in [0.3, 0.4) is 0 Å². The quantitative estimate of drug-likeness (QED) is 0.808. The first-order valence-corrected chi connectivity index (χ1v) is 8.92. The zero-order valence-electron chi connectivity index (χ0n) is 14.1. The highest BCUT2D eigenvalue weighted by Gasteiger charge is 2.21. The molecule has 2 aromatic rings. The van der Waals surface area contributed by atoms with Crippen LogP contribution in [0.15, 0.2) is 53.0 Å². The molecule has 0 spiro atoms. The maximum atomic E-state index is 12.5. The Morgan fingerprint density at radius 3 is 2.64 bits per heavy atom. The average molecular weight is 426 g/mol. The van der Waals surface area contributed by atoms with E-state index in [1.165, 1.54) is 0 Å². The molecule has 1 amide bonds. The standard InChI is InChI=1S/C19H21BrN2O2.ClH/c1-14-12-22(11-10-21-14)19(23)16-8-6-15(7-9-16)13-24-18-5-3-2-4-17(18)20;/h2-9,14,21H,10-13H2,1H3;1H. The molecule has 134 valence electrons. The lowest BCUT2D eigenvalue weighted by Gasteiger charge is -2.32.